The second kappa shape index (κ2) is 8.61. The fourth-order valence-electron chi connectivity index (χ4n) is 2.91. The number of carbonyl (C=O) groups excluding carboxylic acids is 2. The number of azide groups is 2. The summed E-state index contributed by atoms with van der Waals surface area (Å²) in [6.07, 6.45) is -0.956. The SMILES string of the molecule is COC(=O)C1(NC(=O)OCc2ccccc2)C[C@@H](N=[N+]=[N-])[C@H](N=[N+]=[N-])C1. The second-order valence-corrected chi connectivity index (χ2v) is 5.71. The number of ether oxygens (including phenoxy) is 2. The van der Waals surface area contributed by atoms with Crippen molar-refractivity contribution >= 4 is 12.1 Å². The quantitative estimate of drug-likeness (QED) is 0.357. The van der Waals surface area contributed by atoms with Crippen LogP contribution < -0.4 is 5.32 Å². The van der Waals surface area contributed by atoms with Crippen LogP contribution in [0.5, 0.6) is 0 Å². The molecule has 0 aromatic heterocycles. The summed E-state index contributed by atoms with van der Waals surface area (Å²) in [6.45, 7) is 0.0173. The van der Waals surface area contributed by atoms with Gasteiger partial charge >= 0.3 is 12.1 Å². The zero-order valence-corrected chi connectivity index (χ0v) is 14.0. The van der Waals surface area contributed by atoms with Gasteiger partial charge in [-0.2, -0.15) is 0 Å². The van der Waals surface area contributed by atoms with Crippen LogP contribution >= 0.6 is 0 Å². The first kappa shape index (κ1) is 18.9. The fourth-order valence-corrected chi connectivity index (χ4v) is 2.91. The van der Waals surface area contributed by atoms with Gasteiger partial charge in [-0.3, -0.25) is 0 Å². The number of amides is 1. The van der Waals surface area contributed by atoms with Gasteiger partial charge in [0.2, 0.25) is 0 Å². The summed E-state index contributed by atoms with van der Waals surface area (Å²) >= 11 is 0. The first-order valence-corrected chi connectivity index (χ1v) is 7.70. The molecule has 1 aliphatic carbocycles. The minimum Gasteiger partial charge on any atom is -0.467 e. The van der Waals surface area contributed by atoms with E-state index in [1.807, 2.05) is 6.07 Å². The smallest absolute Gasteiger partial charge is 0.408 e. The topological polar surface area (TPSA) is 162 Å². The molecule has 1 aliphatic rings. The molecule has 1 aromatic rings. The van der Waals surface area contributed by atoms with Crippen molar-refractivity contribution in [2.45, 2.75) is 37.1 Å². The van der Waals surface area contributed by atoms with Gasteiger partial charge in [-0.1, -0.05) is 40.6 Å². The Kier molecular flexibility index (Phi) is 6.26. The van der Waals surface area contributed by atoms with Crippen LogP contribution in [0, 0.1) is 0 Å². The highest BCUT2D eigenvalue weighted by atomic mass is 16.6. The molecule has 0 spiro atoms. The van der Waals surface area contributed by atoms with Crippen molar-refractivity contribution in [1.29, 1.82) is 0 Å². The first-order valence-electron chi connectivity index (χ1n) is 7.70. The Morgan fingerprint density at radius 2 is 1.77 bits per heavy atom. The number of carbonyl (C=O) groups is 2. The zero-order chi connectivity index (χ0) is 19.0. The van der Waals surface area contributed by atoms with Crippen LogP contribution in [0.15, 0.2) is 40.6 Å². The van der Waals surface area contributed by atoms with Crippen molar-refractivity contribution < 1.29 is 19.1 Å². The lowest BCUT2D eigenvalue weighted by Gasteiger charge is -2.27. The summed E-state index contributed by atoms with van der Waals surface area (Å²) in [7, 11) is 1.17. The molecule has 0 radical (unpaired) electrons. The maximum Gasteiger partial charge on any atom is 0.408 e. The maximum absolute atomic E-state index is 12.3. The Bertz CT molecular complexity index is 731. The molecule has 1 fully saturated rings. The van der Waals surface area contributed by atoms with Crippen molar-refractivity contribution in [2.75, 3.05) is 7.11 Å². The number of hydrogen-bond donors (Lipinski definition) is 1. The molecule has 0 unspecified atom stereocenters. The number of esters is 1. The van der Waals surface area contributed by atoms with Crippen LogP contribution in [0.2, 0.25) is 0 Å². The number of hydrogen-bond acceptors (Lipinski definition) is 6. The zero-order valence-electron chi connectivity index (χ0n) is 14.0. The van der Waals surface area contributed by atoms with E-state index in [4.69, 9.17) is 20.5 Å². The van der Waals surface area contributed by atoms with Crippen LogP contribution in [-0.4, -0.2) is 36.8 Å². The molecule has 1 aromatic carbocycles. The maximum atomic E-state index is 12.3. The Hall–Kier alpha value is -3.42. The van der Waals surface area contributed by atoms with E-state index in [0.717, 1.165) is 5.56 Å². The van der Waals surface area contributed by atoms with Gasteiger partial charge in [0.05, 0.1) is 7.11 Å². The molecule has 0 bridgehead atoms. The van der Waals surface area contributed by atoms with E-state index >= 15 is 0 Å². The van der Waals surface area contributed by atoms with Gasteiger partial charge in [0.25, 0.3) is 0 Å². The molecule has 136 valence electrons. The van der Waals surface area contributed by atoms with Crippen molar-refractivity contribution in [3.05, 3.63) is 56.8 Å². The van der Waals surface area contributed by atoms with E-state index in [1.54, 1.807) is 24.3 Å². The molecule has 1 N–H and O–H groups in total. The van der Waals surface area contributed by atoms with Gasteiger partial charge in [-0.05, 0) is 29.5 Å². The van der Waals surface area contributed by atoms with Crippen molar-refractivity contribution in [1.82, 2.24) is 5.32 Å². The fraction of sp³-hybridized carbons (Fsp3) is 0.467. The van der Waals surface area contributed by atoms with Gasteiger partial charge in [-0.25, -0.2) is 9.59 Å². The molecule has 0 aliphatic heterocycles. The van der Waals surface area contributed by atoms with E-state index in [0.29, 0.717) is 0 Å². The normalized spacial score (nSPS) is 23.9. The number of benzene rings is 1. The van der Waals surface area contributed by atoms with Crippen LogP contribution in [0.4, 0.5) is 4.79 Å². The van der Waals surface area contributed by atoms with Crippen LogP contribution in [0.25, 0.3) is 20.9 Å². The van der Waals surface area contributed by atoms with E-state index < -0.39 is 29.7 Å². The third-order valence-corrected chi connectivity index (χ3v) is 4.09. The number of alkyl carbamates (subject to hydrolysis) is 1. The number of rotatable bonds is 6. The predicted octanol–water partition coefficient (Wildman–Crippen LogP) is 2.98. The molecular formula is C15H17N7O4. The van der Waals surface area contributed by atoms with Gasteiger partial charge in [0, 0.05) is 21.9 Å². The highest BCUT2D eigenvalue weighted by Gasteiger charge is 2.52. The summed E-state index contributed by atoms with van der Waals surface area (Å²) in [5.74, 6) is -0.733. The standard InChI is InChI=1S/C15H17N7O4/c1-25-13(23)15(7-11(19-21-16)12(8-15)20-22-17)18-14(24)26-9-10-5-3-2-4-6-10/h2-6,11-12H,7-9H2,1H3,(H,18,24)/t11-,12-/m1/s1. The molecule has 1 amide bonds. The van der Waals surface area contributed by atoms with Crippen LogP contribution in [-0.2, 0) is 20.9 Å². The predicted molar refractivity (Wildman–Crippen MR) is 89.6 cm³/mol. The Balaban J connectivity index is 2.14. The van der Waals surface area contributed by atoms with Crippen LogP contribution in [0.3, 0.4) is 0 Å². The summed E-state index contributed by atoms with van der Waals surface area (Å²) in [4.78, 5) is 29.9. The lowest BCUT2D eigenvalue weighted by molar-refractivity contribution is -0.148. The Labute approximate surface area is 148 Å². The molecule has 0 heterocycles. The average molecular weight is 359 g/mol. The highest BCUT2D eigenvalue weighted by molar-refractivity contribution is 5.86. The summed E-state index contributed by atoms with van der Waals surface area (Å²) in [5.41, 5.74) is 16.6. The van der Waals surface area contributed by atoms with Gasteiger partial charge in [0.1, 0.15) is 12.1 Å². The summed E-state index contributed by atoms with van der Waals surface area (Å²) in [5, 5.41) is 9.59. The number of nitrogens with one attached hydrogen (secondary N) is 1. The number of methoxy groups -OCH3 is 1. The summed E-state index contributed by atoms with van der Waals surface area (Å²) in [6, 6.07) is 7.44. The lowest BCUT2D eigenvalue weighted by Crippen LogP contribution is -2.54. The number of nitrogens with zero attached hydrogens (tertiary/aromatic N) is 6. The largest absolute Gasteiger partial charge is 0.467 e. The molecule has 11 nitrogen and oxygen atoms in total. The van der Waals surface area contributed by atoms with E-state index in [-0.39, 0.29) is 19.4 Å². The minimum atomic E-state index is -1.50. The Morgan fingerprint density at radius 3 is 2.27 bits per heavy atom. The molecule has 1 saturated carbocycles. The van der Waals surface area contributed by atoms with Gasteiger partial charge in [-0.15, -0.1) is 0 Å². The van der Waals surface area contributed by atoms with Crippen molar-refractivity contribution in [3.63, 3.8) is 0 Å². The molecular weight excluding hydrogens is 342 g/mol. The van der Waals surface area contributed by atoms with E-state index in [1.165, 1.54) is 7.11 Å². The monoisotopic (exact) mass is 359 g/mol. The lowest BCUT2D eigenvalue weighted by atomic mass is 9.97. The molecule has 11 heteroatoms. The van der Waals surface area contributed by atoms with Crippen LogP contribution in [0.1, 0.15) is 18.4 Å². The molecule has 26 heavy (non-hydrogen) atoms. The average Bonchev–Trinajstić information content (AvgIpc) is 2.99. The van der Waals surface area contributed by atoms with Crippen molar-refractivity contribution in [3.8, 4) is 0 Å². The molecule has 2 rings (SSSR count). The van der Waals surface area contributed by atoms with E-state index in [2.05, 4.69) is 25.4 Å². The minimum absolute atomic E-state index is 0.0173. The molecule has 0 saturated heterocycles. The third-order valence-electron chi connectivity index (χ3n) is 4.09. The highest BCUT2D eigenvalue weighted by Crippen LogP contribution is 2.36. The first-order chi connectivity index (χ1) is 12.5. The van der Waals surface area contributed by atoms with Gasteiger partial charge < -0.3 is 14.8 Å². The molecule has 2 atom stereocenters. The van der Waals surface area contributed by atoms with E-state index in [9.17, 15) is 9.59 Å². The summed E-state index contributed by atoms with van der Waals surface area (Å²) < 4.78 is 9.91. The Morgan fingerprint density at radius 1 is 1.19 bits per heavy atom. The second-order valence-electron chi connectivity index (χ2n) is 5.71. The van der Waals surface area contributed by atoms with Crippen molar-refractivity contribution in [2.24, 2.45) is 10.2 Å². The van der Waals surface area contributed by atoms with Gasteiger partial charge in [0.15, 0.2) is 0 Å². The third kappa shape index (κ3) is 4.35.